The summed E-state index contributed by atoms with van der Waals surface area (Å²) in [6.45, 7) is 7.88. The summed E-state index contributed by atoms with van der Waals surface area (Å²) in [4.78, 5) is 23.1. The predicted octanol–water partition coefficient (Wildman–Crippen LogP) is 3.45. The Bertz CT molecular complexity index is 471. The Morgan fingerprint density at radius 1 is 1.40 bits per heavy atom. The van der Waals surface area contributed by atoms with E-state index in [-0.39, 0.29) is 23.3 Å². The second kappa shape index (κ2) is 5.55. The molecule has 0 N–H and O–H groups in total. The van der Waals surface area contributed by atoms with Gasteiger partial charge in [0.05, 0.1) is 0 Å². The fraction of sp³-hybridized carbons (Fsp3) is 0.647. The van der Waals surface area contributed by atoms with E-state index in [1.165, 1.54) is 12.5 Å². The molecule has 0 aromatic carbocycles. The van der Waals surface area contributed by atoms with Crippen molar-refractivity contribution in [3.05, 3.63) is 23.8 Å². The number of hydrogen-bond donors (Lipinski definition) is 0. The van der Waals surface area contributed by atoms with Crippen molar-refractivity contribution < 1.29 is 14.3 Å². The molecule has 0 spiro atoms. The first kappa shape index (κ1) is 15.0. The van der Waals surface area contributed by atoms with Gasteiger partial charge in [-0.15, -0.1) is 0 Å². The van der Waals surface area contributed by atoms with Gasteiger partial charge >= 0.3 is 5.97 Å². The molecule has 0 aliphatic heterocycles. The first-order valence-corrected chi connectivity index (χ1v) is 7.36. The molecule has 0 aromatic heterocycles. The minimum absolute atomic E-state index is 0.0818. The summed E-state index contributed by atoms with van der Waals surface area (Å²) < 4.78 is 5.55. The van der Waals surface area contributed by atoms with Crippen LogP contribution in [0, 0.1) is 17.3 Å². The van der Waals surface area contributed by atoms with Gasteiger partial charge in [0.1, 0.15) is 6.10 Å². The molecule has 20 heavy (non-hydrogen) atoms. The van der Waals surface area contributed by atoms with Gasteiger partial charge in [-0.05, 0) is 30.8 Å². The largest absolute Gasteiger partial charge is 0.462 e. The average molecular weight is 276 g/mol. The molecule has 0 saturated heterocycles. The molecular formula is C17H24O3. The van der Waals surface area contributed by atoms with E-state index in [2.05, 4.69) is 26.8 Å². The van der Waals surface area contributed by atoms with Crippen molar-refractivity contribution >= 4 is 11.8 Å². The maximum atomic E-state index is 11.8. The van der Waals surface area contributed by atoms with Crippen LogP contribution in [-0.4, -0.2) is 17.9 Å². The molecule has 0 bridgehead atoms. The van der Waals surface area contributed by atoms with Gasteiger partial charge in [-0.25, -0.2) is 0 Å². The molecule has 3 nitrogen and oxygen atoms in total. The van der Waals surface area contributed by atoms with Crippen molar-refractivity contribution in [3.8, 4) is 0 Å². The van der Waals surface area contributed by atoms with E-state index in [0.29, 0.717) is 18.3 Å². The average Bonchev–Trinajstić information content (AvgIpc) is 2.86. The normalized spacial score (nSPS) is 32.7. The molecule has 110 valence electrons. The topological polar surface area (TPSA) is 43.4 Å². The lowest BCUT2D eigenvalue weighted by atomic mass is 9.99. The van der Waals surface area contributed by atoms with E-state index in [1.54, 1.807) is 6.08 Å². The Labute approximate surface area is 121 Å². The highest BCUT2D eigenvalue weighted by Crippen LogP contribution is 2.62. The maximum Gasteiger partial charge on any atom is 0.302 e. The van der Waals surface area contributed by atoms with E-state index in [1.807, 2.05) is 6.08 Å². The highest BCUT2D eigenvalue weighted by molar-refractivity contribution is 5.89. The Morgan fingerprint density at radius 2 is 2.10 bits per heavy atom. The van der Waals surface area contributed by atoms with Crippen LogP contribution in [0.4, 0.5) is 0 Å². The van der Waals surface area contributed by atoms with E-state index < -0.39 is 0 Å². The second-order valence-electron chi connectivity index (χ2n) is 6.64. The molecular weight excluding hydrogens is 252 g/mol. The zero-order chi connectivity index (χ0) is 14.9. The van der Waals surface area contributed by atoms with Gasteiger partial charge in [-0.3, -0.25) is 9.59 Å². The van der Waals surface area contributed by atoms with Crippen LogP contribution in [0.25, 0.3) is 0 Å². The SMILES string of the molecule is CC(=O)OC1CC(C)=CCCC(=O)C=CC2C1C2(C)C. The lowest BCUT2D eigenvalue weighted by molar-refractivity contribution is -0.147. The Balaban J connectivity index is 2.25. The molecule has 2 aliphatic carbocycles. The van der Waals surface area contributed by atoms with Crippen LogP contribution >= 0.6 is 0 Å². The van der Waals surface area contributed by atoms with Crippen LogP contribution in [0.1, 0.15) is 47.0 Å². The summed E-state index contributed by atoms with van der Waals surface area (Å²) in [6.07, 6.45) is 7.84. The lowest BCUT2D eigenvalue weighted by Gasteiger charge is -2.19. The Hall–Kier alpha value is -1.38. The zero-order valence-electron chi connectivity index (χ0n) is 12.8. The van der Waals surface area contributed by atoms with Crippen LogP contribution in [0.3, 0.4) is 0 Å². The fourth-order valence-electron chi connectivity index (χ4n) is 3.41. The molecule has 1 fully saturated rings. The monoisotopic (exact) mass is 276 g/mol. The summed E-state index contributed by atoms with van der Waals surface area (Å²) in [5.41, 5.74) is 1.29. The van der Waals surface area contributed by atoms with Gasteiger partial charge in [0, 0.05) is 25.7 Å². The molecule has 2 rings (SSSR count). The number of carbonyl (C=O) groups is 2. The fourth-order valence-corrected chi connectivity index (χ4v) is 3.41. The number of carbonyl (C=O) groups excluding carboxylic acids is 2. The zero-order valence-corrected chi connectivity index (χ0v) is 12.8. The molecule has 0 aromatic rings. The van der Waals surface area contributed by atoms with Crippen molar-refractivity contribution in [2.24, 2.45) is 17.3 Å². The van der Waals surface area contributed by atoms with Crippen molar-refractivity contribution in [1.82, 2.24) is 0 Å². The molecule has 3 unspecified atom stereocenters. The lowest BCUT2D eigenvalue weighted by Crippen LogP contribution is -2.21. The summed E-state index contributed by atoms with van der Waals surface area (Å²) >= 11 is 0. The van der Waals surface area contributed by atoms with Gasteiger partial charge in [0.25, 0.3) is 0 Å². The Morgan fingerprint density at radius 3 is 2.75 bits per heavy atom. The van der Waals surface area contributed by atoms with Crippen LogP contribution in [0.15, 0.2) is 23.8 Å². The molecule has 0 amide bonds. The van der Waals surface area contributed by atoms with Gasteiger partial charge in [0.2, 0.25) is 0 Å². The van der Waals surface area contributed by atoms with Gasteiger partial charge in [-0.1, -0.05) is 31.6 Å². The third kappa shape index (κ3) is 3.20. The van der Waals surface area contributed by atoms with Crippen LogP contribution in [0.2, 0.25) is 0 Å². The minimum Gasteiger partial charge on any atom is -0.462 e. The Kier molecular flexibility index (Phi) is 4.17. The molecule has 1 saturated carbocycles. The second-order valence-corrected chi connectivity index (χ2v) is 6.64. The molecule has 0 heterocycles. The smallest absolute Gasteiger partial charge is 0.302 e. The first-order chi connectivity index (χ1) is 9.32. The summed E-state index contributed by atoms with van der Waals surface area (Å²) in [5, 5.41) is 0. The van der Waals surface area contributed by atoms with Gasteiger partial charge in [-0.2, -0.15) is 0 Å². The highest BCUT2D eigenvalue weighted by atomic mass is 16.5. The van der Waals surface area contributed by atoms with E-state index >= 15 is 0 Å². The van der Waals surface area contributed by atoms with Gasteiger partial charge < -0.3 is 4.74 Å². The quantitative estimate of drug-likeness (QED) is 0.544. The van der Waals surface area contributed by atoms with E-state index in [4.69, 9.17) is 4.74 Å². The summed E-state index contributed by atoms with van der Waals surface area (Å²) in [7, 11) is 0. The molecule has 3 atom stereocenters. The number of esters is 1. The molecule has 3 heteroatoms. The number of allylic oxidation sites excluding steroid dienone is 3. The maximum absolute atomic E-state index is 11.8. The first-order valence-electron chi connectivity index (χ1n) is 7.36. The molecule has 2 aliphatic rings. The van der Waals surface area contributed by atoms with Crippen LogP contribution in [-0.2, 0) is 14.3 Å². The summed E-state index contributed by atoms with van der Waals surface area (Å²) in [5.74, 6) is 0.583. The third-order valence-electron chi connectivity index (χ3n) is 4.61. The number of fused-ring (bicyclic) bond motifs is 1. The van der Waals surface area contributed by atoms with E-state index in [9.17, 15) is 9.59 Å². The van der Waals surface area contributed by atoms with Crippen molar-refractivity contribution in [1.29, 1.82) is 0 Å². The van der Waals surface area contributed by atoms with Gasteiger partial charge in [0.15, 0.2) is 5.78 Å². The standard InChI is InChI=1S/C17H24O3/c1-11-6-5-7-13(19)8-9-14-16(17(14,3)4)15(10-11)20-12(2)18/h6,8-9,14-16H,5,7,10H2,1-4H3. The number of ketones is 1. The summed E-state index contributed by atoms with van der Waals surface area (Å²) in [6, 6.07) is 0. The van der Waals surface area contributed by atoms with Crippen molar-refractivity contribution in [2.45, 2.75) is 53.1 Å². The third-order valence-corrected chi connectivity index (χ3v) is 4.61. The van der Waals surface area contributed by atoms with Crippen molar-refractivity contribution in [3.63, 3.8) is 0 Å². The van der Waals surface area contributed by atoms with Crippen LogP contribution < -0.4 is 0 Å². The van der Waals surface area contributed by atoms with E-state index in [0.717, 1.165) is 12.8 Å². The highest BCUT2D eigenvalue weighted by Gasteiger charge is 2.60. The van der Waals surface area contributed by atoms with Crippen LogP contribution in [0.5, 0.6) is 0 Å². The minimum atomic E-state index is -0.223. The predicted molar refractivity (Wildman–Crippen MR) is 78.1 cm³/mol. The molecule has 0 radical (unpaired) electrons. The number of rotatable bonds is 1. The number of ether oxygens (including phenoxy) is 1. The number of hydrogen-bond acceptors (Lipinski definition) is 3. The van der Waals surface area contributed by atoms with Crippen molar-refractivity contribution in [2.75, 3.05) is 0 Å².